The lowest BCUT2D eigenvalue weighted by atomic mass is 10.2. The summed E-state index contributed by atoms with van der Waals surface area (Å²) in [5.41, 5.74) is 0. The number of nitrogens with zero attached hydrogens (tertiary/aromatic N) is 3. The molecule has 1 aromatic rings. The second-order valence-electron chi connectivity index (χ2n) is 4.04. The van der Waals surface area contributed by atoms with Gasteiger partial charge in [0.15, 0.2) is 5.75 Å². The normalized spacial score (nSPS) is 23.4. The molecule has 0 unspecified atom stereocenters. The molecule has 2 rings (SSSR count). The third-order valence-electron chi connectivity index (χ3n) is 2.90. The fourth-order valence-corrected chi connectivity index (χ4v) is 2.17. The van der Waals surface area contributed by atoms with E-state index in [9.17, 15) is 4.79 Å². The van der Waals surface area contributed by atoms with E-state index in [2.05, 4.69) is 21.0 Å². The first kappa shape index (κ1) is 13.2. The third-order valence-corrected chi connectivity index (χ3v) is 3.81. The van der Waals surface area contributed by atoms with Gasteiger partial charge in [0.1, 0.15) is 16.8 Å². The van der Waals surface area contributed by atoms with Crippen LogP contribution >= 0.6 is 15.9 Å². The predicted molar refractivity (Wildman–Crippen MR) is 65.7 cm³/mol. The smallest absolute Gasteiger partial charge is 0.407 e. The Labute approximate surface area is 112 Å². The number of halogens is 1. The molecule has 1 fully saturated rings. The summed E-state index contributed by atoms with van der Waals surface area (Å²) < 4.78 is 13.3. The van der Waals surface area contributed by atoms with Gasteiger partial charge < -0.3 is 19.5 Å². The summed E-state index contributed by atoms with van der Waals surface area (Å²) in [5, 5.41) is 13.0. The molecule has 0 aromatic carbocycles. The molecule has 18 heavy (non-hydrogen) atoms. The van der Waals surface area contributed by atoms with Crippen molar-refractivity contribution >= 4 is 22.0 Å². The van der Waals surface area contributed by atoms with Crippen molar-refractivity contribution in [1.82, 2.24) is 14.7 Å². The van der Waals surface area contributed by atoms with Crippen LogP contribution in [0.15, 0.2) is 10.8 Å². The molecule has 2 atom stereocenters. The second kappa shape index (κ2) is 5.15. The van der Waals surface area contributed by atoms with Crippen LogP contribution in [-0.4, -0.2) is 58.3 Å². The Morgan fingerprint density at radius 1 is 1.56 bits per heavy atom. The first-order valence-electron chi connectivity index (χ1n) is 5.37. The van der Waals surface area contributed by atoms with Crippen molar-refractivity contribution in [3.63, 3.8) is 0 Å². The third kappa shape index (κ3) is 2.44. The van der Waals surface area contributed by atoms with Crippen molar-refractivity contribution in [2.75, 3.05) is 20.2 Å². The summed E-state index contributed by atoms with van der Waals surface area (Å²) in [5.74, 6) is 0.580. The summed E-state index contributed by atoms with van der Waals surface area (Å²) in [6.07, 6.45) is 0.0217. The van der Waals surface area contributed by atoms with E-state index in [0.29, 0.717) is 16.9 Å². The van der Waals surface area contributed by atoms with E-state index in [4.69, 9.17) is 14.6 Å². The molecule has 8 heteroatoms. The number of hydrogen-bond donors (Lipinski definition) is 1. The van der Waals surface area contributed by atoms with Crippen molar-refractivity contribution < 1.29 is 19.4 Å². The van der Waals surface area contributed by atoms with Gasteiger partial charge in [0.05, 0.1) is 19.3 Å². The average Bonchev–Trinajstić information content (AvgIpc) is 2.88. The molecule has 0 aliphatic carbocycles. The van der Waals surface area contributed by atoms with Gasteiger partial charge in [-0.2, -0.15) is 5.10 Å². The van der Waals surface area contributed by atoms with E-state index >= 15 is 0 Å². The van der Waals surface area contributed by atoms with Gasteiger partial charge in [-0.3, -0.25) is 4.68 Å². The standard InChI is InChI=1S/C10H14BrN3O4/c1-13-9(11)6(3-12-13)18-8-5-14(10(15)16)4-7(8)17-2/h3,7-8H,4-5H2,1-2H3,(H,15,16)/t7-,8+/m0/s1. The molecule has 0 radical (unpaired) electrons. The second-order valence-corrected chi connectivity index (χ2v) is 4.79. The molecule has 1 aliphatic rings. The fourth-order valence-electron chi connectivity index (χ4n) is 1.88. The van der Waals surface area contributed by atoms with Gasteiger partial charge in [0.2, 0.25) is 0 Å². The Balaban J connectivity index is 2.08. The van der Waals surface area contributed by atoms with E-state index in [1.54, 1.807) is 25.0 Å². The molecule has 1 aliphatic heterocycles. The molecule has 2 heterocycles. The first-order valence-corrected chi connectivity index (χ1v) is 6.17. The Morgan fingerprint density at radius 3 is 2.72 bits per heavy atom. The number of rotatable bonds is 3. The minimum Gasteiger partial charge on any atom is -0.481 e. The largest absolute Gasteiger partial charge is 0.481 e. The fraction of sp³-hybridized carbons (Fsp3) is 0.600. The van der Waals surface area contributed by atoms with Crippen LogP contribution in [0.4, 0.5) is 4.79 Å². The quantitative estimate of drug-likeness (QED) is 0.897. The highest BCUT2D eigenvalue weighted by molar-refractivity contribution is 9.10. The van der Waals surface area contributed by atoms with Gasteiger partial charge in [-0.15, -0.1) is 0 Å². The summed E-state index contributed by atoms with van der Waals surface area (Å²) >= 11 is 3.35. The number of aromatic nitrogens is 2. The van der Waals surface area contributed by atoms with Crippen LogP contribution in [-0.2, 0) is 11.8 Å². The number of aryl methyl sites for hydroxylation is 1. The SMILES string of the molecule is CO[C@H]1CN(C(=O)O)C[C@H]1Oc1cnn(C)c1Br. The van der Waals surface area contributed by atoms with Gasteiger partial charge in [-0.05, 0) is 15.9 Å². The van der Waals surface area contributed by atoms with E-state index in [0.717, 1.165) is 0 Å². The zero-order chi connectivity index (χ0) is 13.3. The predicted octanol–water partition coefficient (Wildman–Crippen LogP) is 0.939. The van der Waals surface area contributed by atoms with Crippen molar-refractivity contribution in [2.24, 2.45) is 7.05 Å². The van der Waals surface area contributed by atoms with Crippen LogP contribution in [0.5, 0.6) is 5.75 Å². The monoisotopic (exact) mass is 319 g/mol. The molecule has 0 saturated carbocycles. The van der Waals surface area contributed by atoms with Crippen molar-refractivity contribution in [1.29, 1.82) is 0 Å². The summed E-state index contributed by atoms with van der Waals surface area (Å²) in [4.78, 5) is 12.2. The summed E-state index contributed by atoms with van der Waals surface area (Å²) in [6.45, 7) is 0.601. The molecule has 0 bridgehead atoms. The number of hydrogen-bond acceptors (Lipinski definition) is 4. The Morgan fingerprint density at radius 2 is 2.22 bits per heavy atom. The van der Waals surface area contributed by atoms with Crippen molar-refractivity contribution in [2.45, 2.75) is 12.2 Å². The van der Waals surface area contributed by atoms with E-state index in [-0.39, 0.29) is 18.8 Å². The van der Waals surface area contributed by atoms with Crippen LogP contribution in [0.2, 0.25) is 0 Å². The van der Waals surface area contributed by atoms with Crippen LogP contribution in [0.3, 0.4) is 0 Å². The number of carboxylic acid groups (broad SMARTS) is 1. The Hall–Kier alpha value is -1.28. The number of amides is 1. The zero-order valence-corrected chi connectivity index (χ0v) is 11.6. The molecule has 100 valence electrons. The lowest BCUT2D eigenvalue weighted by molar-refractivity contribution is 0.0337. The van der Waals surface area contributed by atoms with E-state index < -0.39 is 6.09 Å². The van der Waals surface area contributed by atoms with Gasteiger partial charge in [-0.1, -0.05) is 0 Å². The van der Waals surface area contributed by atoms with Gasteiger partial charge in [0, 0.05) is 14.2 Å². The molecule has 0 spiro atoms. The topological polar surface area (TPSA) is 76.8 Å². The average molecular weight is 320 g/mol. The molecule has 1 N–H and O–H groups in total. The highest BCUT2D eigenvalue weighted by Crippen LogP contribution is 2.27. The highest BCUT2D eigenvalue weighted by Gasteiger charge is 2.37. The minimum atomic E-state index is -0.964. The summed E-state index contributed by atoms with van der Waals surface area (Å²) in [6, 6.07) is 0. The van der Waals surface area contributed by atoms with Crippen LogP contribution in [0, 0.1) is 0 Å². The van der Waals surface area contributed by atoms with Gasteiger partial charge in [0.25, 0.3) is 0 Å². The first-order chi connectivity index (χ1) is 8.52. The minimum absolute atomic E-state index is 0.270. The number of ether oxygens (including phenoxy) is 2. The molecular weight excluding hydrogens is 306 g/mol. The van der Waals surface area contributed by atoms with Gasteiger partial charge in [-0.25, -0.2) is 4.79 Å². The maximum absolute atomic E-state index is 10.9. The lowest BCUT2D eigenvalue weighted by Crippen LogP contribution is -2.31. The van der Waals surface area contributed by atoms with Crippen LogP contribution in [0.25, 0.3) is 0 Å². The van der Waals surface area contributed by atoms with Crippen LogP contribution < -0.4 is 4.74 Å². The zero-order valence-electron chi connectivity index (χ0n) is 10.0. The molecule has 1 aromatic heterocycles. The summed E-state index contributed by atoms with van der Waals surface area (Å²) in [7, 11) is 3.33. The molecular formula is C10H14BrN3O4. The Kier molecular flexibility index (Phi) is 3.76. The number of methoxy groups -OCH3 is 1. The van der Waals surface area contributed by atoms with E-state index in [1.165, 1.54) is 4.90 Å². The molecule has 7 nitrogen and oxygen atoms in total. The number of carbonyl (C=O) groups is 1. The molecule has 1 amide bonds. The Bertz CT molecular complexity index is 450. The molecule has 1 saturated heterocycles. The maximum Gasteiger partial charge on any atom is 0.407 e. The van der Waals surface area contributed by atoms with Crippen molar-refractivity contribution in [3.05, 3.63) is 10.8 Å². The highest BCUT2D eigenvalue weighted by atomic mass is 79.9. The number of likely N-dealkylation sites (tertiary alicyclic amines) is 1. The van der Waals surface area contributed by atoms with E-state index in [1.807, 2.05) is 0 Å². The van der Waals surface area contributed by atoms with Crippen molar-refractivity contribution in [3.8, 4) is 5.75 Å². The lowest BCUT2D eigenvalue weighted by Gasteiger charge is -2.17. The maximum atomic E-state index is 10.9. The van der Waals surface area contributed by atoms with Gasteiger partial charge >= 0.3 is 6.09 Å². The van der Waals surface area contributed by atoms with Crippen LogP contribution in [0.1, 0.15) is 0 Å².